The SMILES string of the molecule is Cc1cc(COc2ccc(C3(CC(=O)NC4CCN(Cc5ccccc5)CC4)CCN(C(CC(C)C)C(=O)NO)C3=O)cc2)cc(C)n1. The third-order valence-electron chi connectivity index (χ3n) is 9.55. The van der Waals surface area contributed by atoms with Crippen molar-refractivity contribution >= 4 is 17.7 Å². The lowest BCUT2D eigenvalue weighted by molar-refractivity contribution is -0.145. The van der Waals surface area contributed by atoms with Gasteiger partial charge in [0.25, 0.3) is 5.91 Å². The first-order valence-electron chi connectivity index (χ1n) is 17.0. The predicted octanol–water partition coefficient (Wildman–Crippen LogP) is 4.84. The van der Waals surface area contributed by atoms with E-state index in [1.54, 1.807) is 10.4 Å². The van der Waals surface area contributed by atoms with Crippen molar-refractivity contribution in [1.82, 2.24) is 25.6 Å². The summed E-state index contributed by atoms with van der Waals surface area (Å²) in [4.78, 5) is 49.3. The van der Waals surface area contributed by atoms with Crippen molar-refractivity contribution in [3.05, 3.63) is 94.8 Å². The molecule has 3 amide bonds. The highest BCUT2D eigenvalue weighted by Crippen LogP contribution is 2.41. The Morgan fingerprint density at radius 1 is 0.979 bits per heavy atom. The summed E-state index contributed by atoms with van der Waals surface area (Å²) < 4.78 is 6.07. The van der Waals surface area contributed by atoms with Crippen molar-refractivity contribution in [2.24, 2.45) is 5.92 Å². The van der Waals surface area contributed by atoms with Gasteiger partial charge in [-0.25, -0.2) is 5.48 Å². The molecular weight excluding hydrogens is 606 g/mol. The third-order valence-corrected chi connectivity index (χ3v) is 9.55. The van der Waals surface area contributed by atoms with Crippen LogP contribution in [0.4, 0.5) is 0 Å². The molecular formula is C38H49N5O5. The molecule has 2 unspecified atom stereocenters. The summed E-state index contributed by atoms with van der Waals surface area (Å²) in [7, 11) is 0. The van der Waals surface area contributed by atoms with Crippen LogP contribution in [0.1, 0.15) is 74.0 Å². The number of aromatic nitrogens is 1. The number of hydroxylamine groups is 1. The smallest absolute Gasteiger partial charge is 0.266 e. The number of piperidine rings is 1. The molecule has 0 radical (unpaired) electrons. The summed E-state index contributed by atoms with van der Waals surface area (Å²) in [5.41, 5.74) is 5.46. The van der Waals surface area contributed by atoms with E-state index in [1.807, 2.05) is 70.2 Å². The number of carbonyl (C=O) groups is 3. The number of carbonyl (C=O) groups excluding carboxylic acids is 3. The highest BCUT2D eigenvalue weighted by molar-refractivity contribution is 5.98. The zero-order chi connectivity index (χ0) is 34.3. The number of aryl methyl sites for hydroxylation is 2. The lowest BCUT2D eigenvalue weighted by Crippen LogP contribution is -2.51. The van der Waals surface area contributed by atoms with Gasteiger partial charge in [0.05, 0.1) is 5.41 Å². The number of benzene rings is 2. The van der Waals surface area contributed by atoms with E-state index in [0.717, 1.165) is 49.4 Å². The first-order chi connectivity index (χ1) is 23.1. The fraction of sp³-hybridized carbons (Fsp3) is 0.474. The van der Waals surface area contributed by atoms with Crippen molar-refractivity contribution < 1.29 is 24.3 Å². The second-order valence-corrected chi connectivity index (χ2v) is 13.8. The summed E-state index contributed by atoms with van der Waals surface area (Å²) in [5, 5.41) is 12.7. The lowest BCUT2D eigenvalue weighted by Gasteiger charge is -2.34. The summed E-state index contributed by atoms with van der Waals surface area (Å²) in [5.74, 6) is -0.323. The molecule has 1 aromatic heterocycles. The van der Waals surface area contributed by atoms with Crippen LogP contribution in [0, 0.1) is 19.8 Å². The zero-order valence-electron chi connectivity index (χ0n) is 28.6. The van der Waals surface area contributed by atoms with Crippen molar-refractivity contribution in [2.45, 2.75) is 90.4 Å². The molecule has 2 atom stereocenters. The Morgan fingerprint density at radius 3 is 2.27 bits per heavy atom. The molecule has 2 saturated heterocycles. The molecule has 2 aliphatic rings. The zero-order valence-corrected chi connectivity index (χ0v) is 28.6. The Hall–Kier alpha value is -4.28. The highest BCUT2D eigenvalue weighted by Gasteiger charge is 2.52. The van der Waals surface area contributed by atoms with Crippen molar-refractivity contribution in [3.63, 3.8) is 0 Å². The third kappa shape index (κ3) is 8.59. The molecule has 3 aromatic rings. The molecule has 10 nitrogen and oxygen atoms in total. The number of nitrogens with one attached hydrogen (secondary N) is 2. The van der Waals surface area contributed by atoms with Crippen molar-refractivity contribution in [3.8, 4) is 5.75 Å². The van der Waals surface area contributed by atoms with Crippen molar-refractivity contribution in [2.75, 3.05) is 19.6 Å². The van der Waals surface area contributed by atoms with Crippen LogP contribution < -0.4 is 15.5 Å². The van der Waals surface area contributed by atoms with Gasteiger partial charge in [-0.05, 0) is 86.4 Å². The Morgan fingerprint density at radius 2 is 1.65 bits per heavy atom. The van der Waals surface area contributed by atoms with E-state index in [-0.39, 0.29) is 30.2 Å². The molecule has 5 rings (SSSR count). The second-order valence-electron chi connectivity index (χ2n) is 13.8. The molecule has 256 valence electrons. The number of rotatable bonds is 13. The molecule has 0 spiro atoms. The average Bonchev–Trinajstić information content (AvgIpc) is 3.39. The standard InChI is InChI=1S/C38H49N5O5/c1-26(2)20-34(36(45)41-47)43-19-16-38(37(43)46,31-10-12-33(13-11-31)48-25-30-21-27(3)39-28(4)22-30)23-35(44)40-32-14-17-42(18-15-32)24-29-8-6-5-7-9-29/h5-13,21-22,26,32,34,47H,14-20,23-25H2,1-4H3,(H,40,44)(H,41,45). The largest absolute Gasteiger partial charge is 0.489 e. The van der Waals surface area contributed by atoms with E-state index in [2.05, 4.69) is 39.5 Å². The first kappa shape index (κ1) is 35.0. The lowest BCUT2D eigenvalue weighted by atomic mass is 9.75. The van der Waals surface area contributed by atoms with E-state index in [9.17, 15) is 19.6 Å². The van der Waals surface area contributed by atoms with Crippen LogP contribution in [0.3, 0.4) is 0 Å². The highest BCUT2D eigenvalue weighted by atomic mass is 16.5. The molecule has 0 aliphatic carbocycles. The molecule has 3 heterocycles. The van der Waals surface area contributed by atoms with E-state index in [0.29, 0.717) is 37.3 Å². The molecule has 0 bridgehead atoms. The van der Waals surface area contributed by atoms with Gasteiger partial charge in [0.1, 0.15) is 18.4 Å². The number of ether oxygens (including phenoxy) is 1. The molecule has 2 aliphatic heterocycles. The van der Waals surface area contributed by atoms with Crippen LogP contribution >= 0.6 is 0 Å². The van der Waals surface area contributed by atoms with Gasteiger partial charge in [-0.15, -0.1) is 0 Å². The molecule has 2 aromatic carbocycles. The van der Waals surface area contributed by atoms with Crippen LogP contribution in [-0.2, 0) is 33.0 Å². The predicted molar refractivity (Wildman–Crippen MR) is 183 cm³/mol. The average molecular weight is 656 g/mol. The number of nitrogens with zero attached hydrogens (tertiary/aromatic N) is 3. The number of likely N-dealkylation sites (tertiary alicyclic amines) is 2. The maximum Gasteiger partial charge on any atom is 0.266 e. The summed E-state index contributed by atoms with van der Waals surface area (Å²) >= 11 is 0. The molecule has 3 N–H and O–H groups in total. The van der Waals surface area contributed by atoms with Crippen LogP contribution in [0.25, 0.3) is 0 Å². The molecule has 0 saturated carbocycles. The Bertz CT molecular complexity index is 1540. The minimum atomic E-state index is -1.15. The number of hydrogen-bond donors (Lipinski definition) is 3. The summed E-state index contributed by atoms with van der Waals surface area (Å²) in [6, 6.07) is 20.9. The van der Waals surface area contributed by atoms with Gasteiger partial charge >= 0.3 is 0 Å². The van der Waals surface area contributed by atoms with Gasteiger partial charge in [-0.2, -0.15) is 0 Å². The molecule has 10 heteroatoms. The van der Waals surface area contributed by atoms with Gasteiger partial charge in [-0.3, -0.25) is 29.5 Å². The maximum atomic E-state index is 14.4. The first-order valence-corrected chi connectivity index (χ1v) is 17.0. The normalized spacial score (nSPS) is 19.4. The van der Waals surface area contributed by atoms with Gasteiger partial charge in [0, 0.05) is 50.0 Å². The van der Waals surface area contributed by atoms with E-state index in [1.165, 1.54) is 5.56 Å². The monoisotopic (exact) mass is 655 g/mol. The van der Waals surface area contributed by atoms with Gasteiger partial charge in [0.15, 0.2) is 0 Å². The fourth-order valence-electron chi connectivity index (χ4n) is 7.19. The van der Waals surface area contributed by atoms with E-state index >= 15 is 0 Å². The van der Waals surface area contributed by atoms with Crippen molar-refractivity contribution in [1.29, 1.82) is 0 Å². The second kappa shape index (κ2) is 15.7. The van der Waals surface area contributed by atoms with Crippen LogP contribution in [-0.4, -0.2) is 69.4 Å². The fourth-order valence-corrected chi connectivity index (χ4v) is 7.19. The number of hydrogen-bond acceptors (Lipinski definition) is 7. The van der Waals surface area contributed by atoms with Gasteiger partial charge in [0.2, 0.25) is 11.8 Å². The van der Waals surface area contributed by atoms with E-state index in [4.69, 9.17) is 4.74 Å². The summed E-state index contributed by atoms with van der Waals surface area (Å²) in [6.45, 7) is 11.2. The number of pyridine rings is 1. The van der Waals surface area contributed by atoms with Crippen LogP contribution in [0.2, 0.25) is 0 Å². The topological polar surface area (TPSA) is 124 Å². The van der Waals surface area contributed by atoms with Gasteiger partial charge < -0.3 is 15.0 Å². The van der Waals surface area contributed by atoms with E-state index < -0.39 is 17.4 Å². The Labute approximate surface area is 283 Å². The van der Waals surface area contributed by atoms with Gasteiger partial charge in [-0.1, -0.05) is 56.3 Å². The molecule has 48 heavy (non-hydrogen) atoms. The molecule has 2 fully saturated rings. The Balaban J connectivity index is 1.31. The minimum Gasteiger partial charge on any atom is -0.489 e. The summed E-state index contributed by atoms with van der Waals surface area (Å²) in [6.07, 6.45) is 2.40. The maximum absolute atomic E-state index is 14.4. The minimum absolute atomic E-state index is 0.0271. The quantitative estimate of drug-likeness (QED) is 0.178. The van der Waals surface area contributed by atoms with Crippen LogP contribution in [0.5, 0.6) is 5.75 Å². The number of amides is 3. The Kier molecular flexibility index (Phi) is 11.5. The van der Waals surface area contributed by atoms with Crippen LogP contribution in [0.15, 0.2) is 66.7 Å².